The van der Waals surface area contributed by atoms with Gasteiger partial charge < -0.3 is 24.8 Å². The van der Waals surface area contributed by atoms with Crippen molar-refractivity contribution in [3.8, 4) is 0 Å². The lowest BCUT2D eigenvalue weighted by Gasteiger charge is -2.35. The molecule has 2 rings (SSSR count). The number of guanidine groups is 1. The van der Waals surface area contributed by atoms with Gasteiger partial charge in [-0.15, -0.1) is 0 Å². The molecule has 1 aromatic rings. The zero-order chi connectivity index (χ0) is 19.3. The second kappa shape index (κ2) is 12.6. The van der Waals surface area contributed by atoms with Gasteiger partial charge in [0.25, 0.3) is 0 Å². The summed E-state index contributed by atoms with van der Waals surface area (Å²) in [5, 5.41) is 6.60. The summed E-state index contributed by atoms with van der Waals surface area (Å²) in [5.41, 5.74) is 1.07. The van der Waals surface area contributed by atoms with Crippen LogP contribution in [0.5, 0.6) is 0 Å². The van der Waals surface area contributed by atoms with Crippen LogP contribution in [0, 0.1) is 5.82 Å². The van der Waals surface area contributed by atoms with Crippen molar-refractivity contribution < 1.29 is 18.6 Å². The largest absolute Gasteiger partial charge is 0.382 e. The number of methoxy groups -OCH3 is 1. The summed E-state index contributed by atoms with van der Waals surface area (Å²) in [4.78, 5) is 6.61. The molecule has 7 nitrogen and oxygen atoms in total. The number of ether oxygens (including phenoxy) is 3. The lowest BCUT2D eigenvalue weighted by atomic mass is 10.0. The minimum absolute atomic E-state index is 0.117. The molecule has 1 atom stereocenters. The maximum Gasteiger partial charge on any atom is 0.191 e. The van der Waals surface area contributed by atoms with Crippen molar-refractivity contribution in [1.82, 2.24) is 15.5 Å². The number of hydrogen-bond acceptors (Lipinski definition) is 5. The van der Waals surface area contributed by atoms with Crippen LogP contribution in [0.1, 0.15) is 11.6 Å². The molecule has 1 fully saturated rings. The number of halogens is 1. The van der Waals surface area contributed by atoms with Crippen molar-refractivity contribution in [1.29, 1.82) is 0 Å². The van der Waals surface area contributed by atoms with Crippen LogP contribution in [0.2, 0.25) is 0 Å². The van der Waals surface area contributed by atoms with Gasteiger partial charge in [-0.2, -0.15) is 0 Å². The highest BCUT2D eigenvalue weighted by Gasteiger charge is 2.23. The summed E-state index contributed by atoms with van der Waals surface area (Å²) in [5.74, 6) is 0.490. The Balaban J connectivity index is 1.87. The van der Waals surface area contributed by atoms with E-state index in [0.29, 0.717) is 52.1 Å². The molecule has 0 aromatic heterocycles. The van der Waals surface area contributed by atoms with Gasteiger partial charge in [0.1, 0.15) is 5.82 Å². The highest BCUT2D eigenvalue weighted by atomic mass is 19.1. The van der Waals surface area contributed by atoms with Crippen molar-refractivity contribution in [3.63, 3.8) is 0 Å². The molecule has 0 amide bonds. The fourth-order valence-electron chi connectivity index (χ4n) is 2.93. The quantitative estimate of drug-likeness (QED) is 0.358. The number of nitrogens with one attached hydrogen (secondary N) is 2. The summed E-state index contributed by atoms with van der Waals surface area (Å²) in [6, 6.07) is 6.82. The van der Waals surface area contributed by atoms with Crippen LogP contribution in [0.15, 0.2) is 29.3 Å². The summed E-state index contributed by atoms with van der Waals surface area (Å²) >= 11 is 0. The first-order valence-corrected chi connectivity index (χ1v) is 9.33. The molecule has 1 aliphatic rings. The van der Waals surface area contributed by atoms with Crippen LogP contribution >= 0.6 is 0 Å². The highest BCUT2D eigenvalue weighted by molar-refractivity contribution is 5.79. The second-order valence-electron chi connectivity index (χ2n) is 6.20. The van der Waals surface area contributed by atoms with Crippen LogP contribution in [0.3, 0.4) is 0 Å². The van der Waals surface area contributed by atoms with E-state index in [1.165, 1.54) is 12.1 Å². The lowest BCUT2D eigenvalue weighted by molar-refractivity contribution is 0.0169. The molecule has 1 saturated heterocycles. The zero-order valence-electron chi connectivity index (χ0n) is 16.2. The van der Waals surface area contributed by atoms with E-state index in [4.69, 9.17) is 14.2 Å². The van der Waals surface area contributed by atoms with Gasteiger partial charge in [0.15, 0.2) is 5.96 Å². The molecule has 8 heteroatoms. The van der Waals surface area contributed by atoms with Gasteiger partial charge in [-0.1, -0.05) is 12.1 Å². The Bertz CT molecular complexity index is 550. The van der Waals surface area contributed by atoms with Crippen LogP contribution in [-0.4, -0.2) is 84.2 Å². The predicted octanol–water partition coefficient (Wildman–Crippen LogP) is 1.03. The zero-order valence-corrected chi connectivity index (χ0v) is 16.2. The number of hydrogen-bond donors (Lipinski definition) is 2. The van der Waals surface area contributed by atoms with E-state index in [-0.39, 0.29) is 11.9 Å². The molecule has 0 spiro atoms. The summed E-state index contributed by atoms with van der Waals surface area (Å²) < 4.78 is 29.2. The maximum atomic E-state index is 13.3. The Morgan fingerprint density at radius 3 is 2.59 bits per heavy atom. The number of aliphatic imine (C=N–C) groups is 1. The number of nitrogens with zero attached hydrogens (tertiary/aromatic N) is 2. The Morgan fingerprint density at radius 1 is 1.19 bits per heavy atom. The number of morpholine rings is 1. The molecular formula is C19H31FN4O3. The maximum absolute atomic E-state index is 13.3. The molecule has 0 saturated carbocycles. The molecule has 2 N–H and O–H groups in total. The Kier molecular flexibility index (Phi) is 10.1. The second-order valence-corrected chi connectivity index (χ2v) is 6.20. The topological polar surface area (TPSA) is 67.4 Å². The third-order valence-electron chi connectivity index (χ3n) is 4.40. The first-order valence-electron chi connectivity index (χ1n) is 9.33. The highest BCUT2D eigenvalue weighted by Crippen LogP contribution is 2.21. The third kappa shape index (κ3) is 7.80. The minimum atomic E-state index is -0.224. The molecular weight excluding hydrogens is 351 g/mol. The van der Waals surface area contributed by atoms with E-state index in [9.17, 15) is 4.39 Å². The van der Waals surface area contributed by atoms with Gasteiger partial charge in [0.2, 0.25) is 0 Å². The van der Waals surface area contributed by atoms with Gasteiger partial charge in [-0.25, -0.2) is 4.39 Å². The first kappa shape index (κ1) is 21.6. The van der Waals surface area contributed by atoms with E-state index >= 15 is 0 Å². The van der Waals surface area contributed by atoms with Crippen LogP contribution < -0.4 is 10.6 Å². The van der Waals surface area contributed by atoms with Gasteiger partial charge in [0, 0.05) is 40.3 Å². The molecule has 1 aromatic carbocycles. The van der Waals surface area contributed by atoms with Crippen molar-refractivity contribution >= 4 is 5.96 Å². The number of benzene rings is 1. The standard InChI is InChI=1S/C19H31FN4O3/c1-21-19(22-7-10-26-14-13-25-2)23-15-18(24-8-11-27-12-9-24)16-3-5-17(20)6-4-16/h3-6,18H,7-15H2,1-2H3,(H2,21,22,23). The molecule has 152 valence electrons. The number of rotatable bonds is 10. The summed E-state index contributed by atoms with van der Waals surface area (Å²) in [6.45, 7) is 6.19. The van der Waals surface area contributed by atoms with Crippen LogP contribution in [0.25, 0.3) is 0 Å². The van der Waals surface area contributed by atoms with Gasteiger partial charge in [-0.05, 0) is 17.7 Å². The molecule has 0 aliphatic carbocycles. The fourth-order valence-corrected chi connectivity index (χ4v) is 2.93. The van der Waals surface area contributed by atoms with E-state index in [1.807, 2.05) is 12.1 Å². The third-order valence-corrected chi connectivity index (χ3v) is 4.40. The first-order chi connectivity index (χ1) is 13.2. The van der Waals surface area contributed by atoms with Crippen molar-refractivity contribution in [3.05, 3.63) is 35.6 Å². The van der Waals surface area contributed by atoms with Crippen molar-refractivity contribution in [2.45, 2.75) is 6.04 Å². The van der Waals surface area contributed by atoms with Crippen molar-refractivity contribution in [2.24, 2.45) is 4.99 Å². The van der Waals surface area contributed by atoms with Crippen molar-refractivity contribution in [2.75, 3.05) is 73.4 Å². The van der Waals surface area contributed by atoms with Crippen LogP contribution in [-0.2, 0) is 14.2 Å². The van der Waals surface area contributed by atoms with E-state index in [0.717, 1.165) is 18.7 Å². The van der Waals surface area contributed by atoms with E-state index < -0.39 is 0 Å². The monoisotopic (exact) mass is 382 g/mol. The van der Waals surface area contributed by atoms with Gasteiger partial charge in [0.05, 0.1) is 39.1 Å². The lowest BCUT2D eigenvalue weighted by Crippen LogP contribution is -2.46. The average Bonchev–Trinajstić information content (AvgIpc) is 2.71. The molecule has 0 bridgehead atoms. The van der Waals surface area contributed by atoms with Gasteiger partial charge >= 0.3 is 0 Å². The molecule has 1 aliphatic heterocycles. The fraction of sp³-hybridized carbons (Fsp3) is 0.632. The smallest absolute Gasteiger partial charge is 0.191 e. The average molecular weight is 382 g/mol. The van der Waals surface area contributed by atoms with E-state index in [1.54, 1.807) is 14.2 Å². The molecule has 1 heterocycles. The normalized spacial score (nSPS) is 16.9. The summed E-state index contributed by atoms with van der Waals surface area (Å²) in [7, 11) is 3.39. The Hall–Kier alpha value is -1.74. The summed E-state index contributed by atoms with van der Waals surface area (Å²) in [6.07, 6.45) is 0. The Morgan fingerprint density at radius 2 is 1.93 bits per heavy atom. The minimum Gasteiger partial charge on any atom is -0.382 e. The van der Waals surface area contributed by atoms with Gasteiger partial charge in [-0.3, -0.25) is 9.89 Å². The van der Waals surface area contributed by atoms with E-state index in [2.05, 4.69) is 20.5 Å². The van der Waals surface area contributed by atoms with Crippen LogP contribution in [0.4, 0.5) is 4.39 Å². The Labute approximate surface area is 160 Å². The molecule has 0 radical (unpaired) electrons. The SMILES string of the molecule is CN=C(NCCOCCOC)NCC(c1ccc(F)cc1)N1CCOCC1. The predicted molar refractivity (Wildman–Crippen MR) is 104 cm³/mol. The molecule has 27 heavy (non-hydrogen) atoms. The molecule has 1 unspecified atom stereocenters.